The van der Waals surface area contributed by atoms with Crippen molar-refractivity contribution in [2.24, 2.45) is 0 Å². The Balaban J connectivity index is 1.54. The first-order valence-electron chi connectivity index (χ1n) is 12.5. The van der Waals surface area contributed by atoms with Crippen LogP contribution in [0.1, 0.15) is 57.3 Å². The predicted molar refractivity (Wildman–Crippen MR) is 133 cm³/mol. The van der Waals surface area contributed by atoms with Gasteiger partial charge in [-0.3, -0.25) is 14.4 Å². The van der Waals surface area contributed by atoms with Crippen molar-refractivity contribution in [1.82, 2.24) is 14.8 Å². The van der Waals surface area contributed by atoms with E-state index in [1.54, 1.807) is 30.3 Å². The molecule has 2 aromatic carbocycles. The van der Waals surface area contributed by atoms with E-state index in [1.165, 1.54) is 15.7 Å². The van der Waals surface area contributed by atoms with Crippen molar-refractivity contribution in [3.63, 3.8) is 0 Å². The smallest absolute Gasteiger partial charge is 0.274 e. The average molecular weight is 544 g/mol. The first kappa shape index (κ1) is 26.5. The van der Waals surface area contributed by atoms with Gasteiger partial charge in [0.25, 0.3) is 11.8 Å². The summed E-state index contributed by atoms with van der Waals surface area (Å²) < 4.78 is 62.6. The molecule has 11 heteroatoms. The van der Waals surface area contributed by atoms with E-state index in [0.717, 1.165) is 0 Å². The number of pyridine rings is 1. The minimum Gasteiger partial charge on any atom is -0.483 e. The number of benzene rings is 2. The monoisotopic (exact) mass is 543 g/mol. The van der Waals surface area contributed by atoms with E-state index in [0.29, 0.717) is 37.0 Å². The lowest BCUT2D eigenvalue weighted by Crippen LogP contribution is -2.49. The van der Waals surface area contributed by atoms with E-state index in [-0.39, 0.29) is 30.6 Å². The highest BCUT2D eigenvalue weighted by molar-refractivity contribution is 5.99. The predicted octanol–water partition coefficient (Wildman–Crippen LogP) is 4.29. The largest absolute Gasteiger partial charge is 0.483 e. The summed E-state index contributed by atoms with van der Waals surface area (Å²) in [5, 5.41) is 2.31. The van der Waals surface area contributed by atoms with Gasteiger partial charge >= 0.3 is 0 Å². The fourth-order valence-electron chi connectivity index (χ4n) is 5.12. The molecule has 2 amide bonds. The standard InChI is InChI=1S/C28H25F4N3O4/c29-11-18-7-4-8-19-13-35(18)28(38)24-26(39-15-16-5-2-1-3-6-16)25(36)21(14-34(19)24)27(37)33-12-20-22(31)9-17(30)10-23(20)32/h1-3,5-6,9-10,14,18-19H,4,7-8,11-13,15H2,(H,33,37)/t18-,19+/m1/s1. The molecule has 1 fully saturated rings. The first-order valence-corrected chi connectivity index (χ1v) is 12.5. The van der Waals surface area contributed by atoms with Crippen molar-refractivity contribution in [2.75, 3.05) is 13.2 Å². The Labute approximate surface area is 221 Å². The van der Waals surface area contributed by atoms with Gasteiger partial charge in [-0.25, -0.2) is 17.6 Å². The molecule has 3 heterocycles. The number of rotatable bonds is 7. The van der Waals surface area contributed by atoms with Crippen LogP contribution in [0.5, 0.6) is 5.75 Å². The van der Waals surface area contributed by atoms with E-state index in [2.05, 4.69) is 5.32 Å². The molecule has 0 aliphatic carbocycles. The number of nitrogens with one attached hydrogen (secondary N) is 1. The van der Waals surface area contributed by atoms with E-state index >= 15 is 0 Å². The van der Waals surface area contributed by atoms with Crippen molar-refractivity contribution < 1.29 is 31.9 Å². The second-order valence-corrected chi connectivity index (χ2v) is 9.61. The van der Waals surface area contributed by atoms with Gasteiger partial charge in [0, 0.05) is 37.0 Å². The van der Waals surface area contributed by atoms with Gasteiger partial charge in [0.15, 0.2) is 11.4 Å². The number of nitrogens with zero attached hydrogens (tertiary/aromatic N) is 2. The summed E-state index contributed by atoms with van der Waals surface area (Å²) in [6, 6.07) is 8.88. The van der Waals surface area contributed by atoms with Gasteiger partial charge in [0.05, 0.1) is 12.1 Å². The minimum absolute atomic E-state index is 0.0697. The van der Waals surface area contributed by atoms with Crippen LogP contribution in [0.3, 0.4) is 0 Å². The molecule has 1 aromatic heterocycles. The molecule has 5 rings (SSSR count). The van der Waals surface area contributed by atoms with Crippen molar-refractivity contribution >= 4 is 11.8 Å². The number of halogens is 4. The Morgan fingerprint density at radius 2 is 1.77 bits per heavy atom. The first-order chi connectivity index (χ1) is 18.8. The zero-order chi connectivity index (χ0) is 27.7. The van der Waals surface area contributed by atoms with Crippen molar-refractivity contribution in [2.45, 2.75) is 44.5 Å². The zero-order valence-corrected chi connectivity index (χ0v) is 20.8. The van der Waals surface area contributed by atoms with Gasteiger partial charge in [-0.2, -0.15) is 0 Å². The number of ether oxygens (including phenoxy) is 1. The van der Waals surface area contributed by atoms with Crippen LogP contribution in [-0.4, -0.2) is 40.5 Å². The third-order valence-electron chi connectivity index (χ3n) is 7.15. The molecule has 0 radical (unpaired) electrons. The summed E-state index contributed by atoms with van der Waals surface area (Å²) in [5.74, 6) is -5.36. The maximum atomic E-state index is 14.1. The average Bonchev–Trinajstić information content (AvgIpc) is 3.11. The maximum Gasteiger partial charge on any atom is 0.274 e. The number of alkyl halides is 1. The van der Waals surface area contributed by atoms with Gasteiger partial charge in [-0.05, 0) is 24.8 Å². The summed E-state index contributed by atoms with van der Waals surface area (Å²) in [6.07, 6.45) is 2.90. The lowest BCUT2D eigenvalue weighted by atomic mass is 10.1. The molecule has 3 aromatic rings. The molecule has 2 aliphatic heterocycles. The zero-order valence-electron chi connectivity index (χ0n) is 20.8. The number of carbonyl (C=O) groups is 2. The number of aromatic nitrogens is 1. The molecule has 204 valence electrons. The topological polar surface area (TPSA) is 80.6 Å². The molecule has 2 bridgehead atoms. The number of carbonyl (C=O) groups excluding carboxylic acids is 2. The van der Waals surface area contributed by atoms with E-state index in [1.807, 2.05) is 0 Å². The van der Waals surface area contributed by atoms with Crippen LogP contribution in [0.25, 0.3) is 0 Å². The number of hydrogen-bond acceptors (Lipinski definition) is 4. The van der Waals surface area contributed by atoms with E-state index in [4.69, 9.17) is 4.74 Å². The van der Waals surface area contributed by atoms with Gasteiger partial charge in [0.2, 0.25) is 5.43 Å². The van der Waals surface area contributed by atoms with Crippen LogP contribution < -0.4 is 15.5 Å². The normalized spacial score (nSPS) is 18.4. The van der Waals surface area contributed by atoms with Crippen molar-refractivity contribution in [3.05, 3.63) is 98.7 Å². The third-order valence-corrected chi connectivity index (χ3v) is 7.15. The fourth-order valence-corrected chi connectivity index (χ4v) is 5.12. The molecule has 1 N–H and O–H groups in total. The Morgan fingerprint density at radius 3 is 2.46 bits per heavy atom. The fraction of sp³-hybridized carbons (Fsp3) is 0.321. The molecular weight excluding hydrogens is 518 g/mol. The molecule has 0 saturated carbocycles. The SMILES string of the molecule is O=C(NCc1c(F)cc(F)cc1F)c1cn2c(c(OCc3ccccc3)c1=O)C(=O)N1C[C@@H]2CCC[C@@H]1CF. The van der Waals surface area contributed by atoms with Crippen LogP contribution in [-0.2, 0) is 13.2 Å². The van der Waals surface area contributed by atoms with Gasteiger partial charge < -0.3 is 19.5 Å². The van der Waals surface area contributed by atoms with E-state index < -0.39 is 65.1 Å². The van der Waals surface area contributed by atoms with Crippen LogP contribution in [0.15, 0.2) is 53.5 Å². The molecular formula is C28H25F4N3O4. The summed E-state index contributed by atoms with van der Waals surface area (Å²) in [4.78, 5) is 41.6. The molecule has 2 atom stereocenters. The Bertz CT molecular complexity index is 1450. The summed E-state index contributed by atoms with van der Waals surface area (Å²) in [7, 11) is 0. The highest BCUT2D eigenvalue weighted by Crippen LogP contribution is 2.35. The highest BCUT2D eigenvalue weighted by atomic mass is 19.1. The van der Waals surface area contributed by atoms with Crippen LogP contribution >= 0.6 is 0 Å². The minimum atomic E-state index is -1.19. The number of hydrogen-bond donors (Lipinski definition) is 1. The van der Waals surface area contributed by atoms with Crippen LogP contribution in [0.2, 0.25) is 0 Å². The Hall–Kier alpha value is -4.15. The van der Waals surface area contributed by atoms with Crippen molar-refractivity contribution in [3.8, 4) is 5.75 Å². The second-order valence-electron chi connectivity index (χ2n) is 9.61. The van der Waals surface area contributed by atoms with Gasteiger partial charge in [-0.1, -0.05) is 30.3 Å². The molecule has 7 nitrogen and oxygen atoms in total. The lowest BCUT2D eigenvalue weighted by molar-refractivity contribution is 0.0554. The molecule has 2 aliphatic rings. The molecule has 1 saturated heterocycles. The lowest BCUT2D eigenvalue weighted by Gasteiger charge is -2.37. The maximum absolute atomic E-state index is 14.1. The highest BCUT2D eigenvalue weighted by Gasteiger charge is 2.40. The van der Waals surface area contributed by atoms with E-state index in [9.17, 15) is 31.9 Å². The number of fused-ring (bicyclic) bond motifs is 4. The molecule has 0 unspecified atom stereocenters. The number of amides is 2. The molecule has 39 heavy (non-hydrogen) atoms. The van der Waals surface area contributed by atoms with Gasteiger partial charge in [0.1, 0.15) is 36.3 Å². The Morgan fingerprint density at radius 1 is 1.05 bits per heavy atom. The van der Waals surface area contributed by atoms with Gasteiger partial charge in [-0.15, -0.1) is 0 Å². The Kier molecular flexibility index (Phi) is 7.40. The molecule has 0 spiro atoms. The third kappa shape index (κ3) is 5.13. The van der Waals surface area contributed by atoms with Crippen molar-refractivity contribution in [1.29, 1.82) is 0 Å². The quantitative estimate of drug-likeness (QED) is 0.451. The second kappa shape index (κ2) is 10.9. The summed E-state index contributed by atoms with van der Waals surface area (Å²) >= 11 is 0. The van der Waals surface area contributed by atoms with Crippen LogP contribution in [0, 0.1) is 17.5 Å². The summed E-state index contributed by atoms with van der Waals surface area (Å²) in [5.41, 5.74) is -1.22. The van der Waals surface area contributed by atoms with Crippen LogP contribution in [0.4, 0.5) is 17.6 Å². The summed E-state index contributed by atoms with van der Waals surface area (Å²) in [6.45, 7) is -1.24.